The monoisotopic (exact) mass is 269 g/mol. The van der Waals surface area contributed by atoms with Gasteiger partial charge in [0.25, 0.3) is 0 Å². The molecule has 2 fully saturated rings. The number of aromatic nitrogens is 2. The van der Waals surface area contributed by atoms with Crippen LogP contribution in [0.25, 0.3) is 11.4 Å². The van der Waals surface area contributed by atoms with Gasteiger partial charge in [-0.2, -0.15) is 4.98 Å². The Hall–Kier alpha value is -1.68. The Kier molecular flexibility index (Phi) is 2.67. The normalized spacial score (nSPS) is 28.8. The van der Waals surface area contributed by atoms with Crippen LogP contribution in [0.15, 0.2) is 28.8 Å². The molecule has 2 heterocycles. The van der Waals surface area contributed by atoms with Crippen LogP contribution in [0.1, 0.15) is 30.7 Å². The second kappa shape index (κ2) is 4.42. The highest BCUT2D eigenvalue weighted by Gasteiger charge is 2.51. The summed E-state index contributed by atoms with van der Waals surface area (Å²) < 4.78 is 5.64. The van der Waals surface area contributed by atoms with Gasteiger partial charge >= 0.3 is 0 Å². The zero-order chi connectivity index (χ0) is 13.6. The fourth-order valence-corrected chi connectivity index (χ4v) is 3.75. The largest absolute Gasteiger partial charge is 0.338 e. The number of nitrogens with one attached hydrogen (secondary N) is 1. The SMILES string of the molecule is Cc1ccc(-c2noc([C@@]34CCC[C@@H]3CNC4)n2)cc1. The molecule has 2 aromatic rings. The second-order valence-electron chi connectivity index (χ2n) is 6.17. The molecule has 1 aromatic heterocycles. The number of hydrogen-bond donors (Lipinski definition) is 1. The summed E-state index contributed by atoms with van der Waals surface area (Å²) in [5.41, 5.74) is 2.37. The standard InChI is InChI=1S/C16H19N3O/c1-11-4-6-12(7-5-11)14-18-15(20-19-14)16-8-2-3-13(16)9-17-10-16/h4-7,13,17H,2-3,8-10H2,1H3/t13-,16-/m1/s1. The number of fused-ring (bicyclic) bond motifs is 1. The molecule has 0 unspecified atom stereocenters. The lowest BCUT2D eigenvalue weighted by Crippen LogP contribution is -2.31. The zero-order valence-electron chi connectivity index (χ0n) is 11.7. The van der Waals surface area contributed by atoms with Gasteiger partial charge in [0.05, 0.1) is 5.41 Å². The maximum absolute atomic E-state index is 5.64. The average Bonchev–Trinajstić information content (AvgIpc) is 3.13. The summed E-state index contributed by atoms with van der Waals surface area (Å²) in [6.07, 6.45) is 3.71. The minimum absolute atomic E-state index is 0.0932. The summed E-state index contributed by atoms with van der Waals surface area (Å²) in [5.74, 6) is 2.21. The van der Waals surface area contributed by atoms with Crippen molar-refractivity contribution in [1.29, 1.82) is 0 Å². The van der Waals surface area contributed by atoms with Gasteiger partial charge in [0.15, 0.2) is 0 Å². The summed E-state index contributed by atoms with van der Waals surface area (Å²) in [6, 6.07) is 8.28. The molecule has 1 aromatic carbocycles. The predicted octanol–water partition coefficient (Wildman–Crippen LogP) is 2.69. The minimum atomic E-state index is 0.0932. The fourth-order valence-electron chi connectivity index (χ4n) is 3.75. The van der Waals surface area contributed by atoms with Crippen LogP contribution in [0.4, 0.5) is 0 Å². The topological polar surface area (TPSA) is 51.0 Å². The quantitative estimate of drug-likeness (QED) is 0.910. The van der Waals surface area contributed by atoms with Gasteiger partial charge in [0.1, 0.15) is 0 Å². The van der Waals surface area contributed by atoms with Crippen molar-refractivity contribution in [2.75, 3.05) is 13.1 Å². The Morgan fingerprint density at radius 3 is 3.00 bits per heavy atom. The van der Waals surface area contributed by atoms with E-state index < -0.39 is 0 Å². The van der Waals surface area contributed by atoms with Gasteiger partial charge in [-0.25, -0.2) is 0 Å². The third-order valence-electron chi connectivity index (χ3n) is 4.95. The Balaban J connectivity index is 1.70. The van der Waals surface area contributed by atoms with E-state index in [1.807, 2.05) is 0 Å². The van der Waals surface area contributed by atoms with Crippen molar-refractivity contribution in [2.45, 2.75) is 31.6 Å². The lowest BCUT2D eigenvalue weighted by Gasteiger charge is -2.22. The highest BCUT2D eigenvalue weighted by molar-refractivity contribution is 5.54. The third kappa shape index (κ3) is 1.71. The van der Waals surface area contributed by atoms with Crippen LogP contribution in [-0.4, -0.2) is 23.2 Å². The molecule has 0 bridgehead atoms. The van der Waals surface area contributed by atoms with E-state index in [1.54, 1.807) is 0 Å². The van der Waals surface area contributed by atoms with Crippen molar-refractivity contribution < 1.29 is 4.52 Å². The zero-order valence-corrected chi connectivity index (χ0v) is 11.7. The summed E-state index contributed by atoms with van der Waals surface area (Å²) in [5, 5.41) is 7.69. The van der Waals surface area contributed by atoms with Crippen molar-refractivity contribution in [2.24, 2.45) is 5.92 Å². The number of hydrogen-bond acceptors (Lipinski definition) is 4. The Morgan fingerprint density at radius 1 is 1.30 bits per heavy atom. The maximum atomic E-state index is 5.64. The molecule has 2 aliphatic rings. The van der Waals surface area contributed by atoms with Gasteiger partial charge < -0.3 is 9.84 Å². The molecule has 0 spiro atoms. The predicted molar refractivity (Wildman–Crippen MR) is 76.4 cm³/mol. The van der Waals surface area contributed by atoms with E-state index in [0.717, 1.165) is 24.5 Å². The second-order valence-corrected chi connectivity index (χ2v) is 6.17. The molecule has 2 atom stereocenters. The van der Waals surface area contributed by atoms with Crippen LogP contribution in [0, 0.1) is 12.8 Å². The van der Waals surface area contributed by atoms with E-state index in [9.17, 15) is 0 Å². The summed E-state index contributed by atoms with van der Waals surface area (Å²) in [4.78, 5) is 4.71. The van der Waals surface area contributed by atoms with Crippen LogP contribution in [0.2, 0.25) is 0 Å². The molecule has 1 N–H and O–H groups in total. The van der Waals surface area contributed by atoms with E-state index in [0.29, 0.717) is 11.7 Å². The van der Waals surface area contributed by atoms with Crippen molar-refractivity contribution in [3.8, 4) is 11.4 Å². The van der Waals surface area contributed by atoms with E-state index in [2.05, 4.69) is 41.7 Å². The maximum Gasteiger partial charge on any atom is 0.234 e. The van der Waals surface area contributed by atoms with Crippen LogP contribution in [-0.2, 0) is 5.41 Å². The van der Waals surface area contributed by atoms with E-state index in [-0.39, 0.29) is 5.41 Å². The molecule has 1 aliphatic heterocycles. The van der Waals surface area contributed by atoms with E-state index in [4.69, 9.17) is 9.51 Å². The Morgan fingerprint density at radius 2 is 2.15 bits per heavy atom. The summed E-state index contributed by atoms with van der Waals surface area (Å²) in [6.45, 7) is 4.15. The summed E-state index contributed by atoms with van der Waals surface area (Å²) >= 11 is 0. The first kappa shape index (κ1) is 12.1. The fraction of sp³-hybridized carbons (Fsp3) is 0.500. The summed E-state index contributed by atoms with van der Waals surface area (Å²) in [7, 11) is 0. The van der Waals surface area contributed by atoms with Gasteiger partial charge in [0.2, 0.25) is 11.7 Å². The molecule has 4 heteroatoms. The first-order valence-electron chi connectivity index (χ1n) is 7.40. The molecular formula is C16H19N3O. The van der Waals surface area contributed by atoms with Crippen molar-refractivity contribution in [3.05, 3.63) is 35.7 Å². The smallest absolute Gasteiger partial charge is 0.234 e. The lowest BCUT2D eigenvalue weighted by atomic mass is 9.80. The van der Waals surface area contributed by atoms with Crippen molar-refractivity contribution in [3.63, 3.8) is 0 Å². The lowest BCUT2D eigenvalue weighted by molar-refractivity contribution is 0.265. The molecule has 1 saturated carbocycles. The first-order chi connectivity index (χ1) is 9.78. The van der Waals surface area contributed by atoms with Crippen molar-refractivity contribution >= 4 is 0 Å². The van der Waals surface area contributed by atoms with Crippen LogP contribution >= 0.6 is 0 Å². The molecule has 104 valence electrons. The molecule has 0 amide bonds. The minimum Gasteiger partial charge on any atom is -0.338 e. The molecular weight excluding hydrogens is 250 g/mol. The molecule has 20 heavy (non-hydrogen) atoms. The highest BCUT2D eigenvalue weighted by atomic mass is 16.5. The van der Waals surface area contributed by atoms with E-state index >= 15 is 0 Å². The van der Waals surface area contributed by atoms with Crippen LogP contribution in [0.3, 0.4) is 0 Å². The van der Waals surface area contributed by atoms with Gasteiger partial charge in [-0.3, -0.25) is 0 Å². The number of rotatable bonds is 2. The molecule has 1 saturated heterocycles. The third-order valence-corrected chi connectivity index (χ3v) is 4.95. The van der Waals surface area contributed by atoms with Crippen LogP contribution in [0.5, 0.6) is 0 Å². The molecule has 1 aliphatic carbocycles. The van der Waals surface area contributed by atoms with E-state index in [1.165, 1.54) is 24.8 Å². The molecule has 4 rings (SSSR count). The Bertz CT molecular complexity index is 607. The number of aryl methyl sites for hydroxylation is 1. The van der Waals surface area contributed by atoms with Gasteiger partial charge in [-0.15, -0.1) is 0 Å². The van der Waals surface area contributed by atoms with Gasteiger partial charge in [0, 0.05) is 12.1 Å². The Labute approximate surface area is 118 Å². The molecule has 0 radical (unpaired) electrons. The average molecular weight is 269 g/mol. The van der Waals surface area contributed by atoms with Gasteiger partial charge in [-0.1, -0.05) is 41.4 Å². The van der Waals surface area contributed by atoms with Gasteiger partial charge in [-0.05, 0) is 32.2 Å². The van der Waals surface area contributed by atoms with Crippen molar-refractivity contribution in [1.82, 2.24) is 15.5 Å². The van der Waals surface area contributed by atoms with Crippen LogP contribution < -0.4 is 5.32 Å². The number of nitrogens with zero attached hydrogens (tertiary/aromatic N) is 2. The number of benzene rings is 1. The molecule has 4 nitrogen and oxygen atoms in total. The first-order valence-corrected chi connectivity index (χ1v) is 7.40. The highest BCUT2D eigenvalue weighted by Crippen LogP contribution is 2.47.